The molecule has 2 N–H and O–H groups in total. The van der Waals surface area contributed by atoms with Crippen LogP contribution in [0.3, 0.4) is 0 Å². The Morgan fingerprint density at radius 2 is 2.05 bits per heavy atom. The molecule has 0 aliphatic heterocycles. The molecule has 2 aromatic rings. The van der Waals surface area contributed by atoms with Crippen LogP contribution in [0.25, 0.3) is 0 Å². The van der Waals surface area contributed by atoms with Gasteiger partial charge in [0.25, 0.3) is 0 Å². The Morgan fingerprint density at radius 1 is 1.26 bits per heavy atom. The van der Waals surface area contributed by atoms with Crippen molar-refractivity contribution in [1.29, 1.82) is 0 Å². The minimum absolute atomic E-state index is 0.261. The summed E-state index contributed by atoms with van der Waals surface area (Å²) in [5.41, 5.74) is 8.59. The van der Waals surface area contributed by atoms with Crippen LogP contribution in [0, 0.1) is 5.82 Å². The summed E-state index contributed by atoms with van der Waals surface area (Å²) in [4.78, 5) is 4.41. The zero-order valence-electron chi connectivity index (χ0n) is 11.4. The van der Waals surface area contributed by atoms with Crippen molar-refractivity contribution < 1.29 is 4.39 Å². The number of aromatic nitrogens is 1. The van der Waals surface area contributed by atoms with Crippen LogP contribution >= 0.6 is 0 Å². The molecule has 2 nitrogen and oxygen atoms in total. The lowest BCUT2D eigenvalue weighted by atomic mass is 9.88. The van der Waals surface area contributed by atoms with Gasteiger partial charge in [-0.3, -0.25) is 4.98 Å². The van der Waals surface area contributed by atoms with Gasteiger partial charge in [-0.2, -0.15) is 0 Å². The molecule has 0 saturated heterocycles. The molecule has 100 valence electrons. The Kier molecular flexibility index (Phi) is 3.96. The summed E-state index contributed by atoms with van der Waals surface area (Å²) in [6.07, 6.45) is 3.43. The van der Waals surface area contributed by atoms with Gasteiger partial charge < -0.3 is 5.73 Å². The highest BCUT2D eigenvalue weighted by Gasteiger charge is 2.22. The smallest absolute Gasteiger partial charge is 0.123 e. The summed E-state index contributed by atoms with van der Waals surface area (Å²) in [5.74, 6) is -0.261. The number of hydrogen-bond acceptors (Lipinski definition) is 2. The number of pyridine rings is 1. The van der Waals surface area contributed by atoms with Crippen molar-refractivity contribution in [1.82, 2.24) is 4.98 Å². The molecule has 1 unspecified atom stereocenters. The molecule has 1 atom stereocenters. The first-order chi connectivity index (χ1) is 9.01. The molecule has 0 bridgehead atoms. The average Bonchev–Trinajstić information content (AvgIpc) is 2.39. The second-order valence-corrected chi connectivity index (χ2v) is 5.12. The van der Waals surface area contributed by atoms with Gasteiger partial charge in [0.05, 0.1) is 0 Å². The van der Waals surface area contributed by atoms with E-state index in [1.54, 1.807) is 6.07 Å². The number of nitrogens with two attached hydrogens (primary N) is 1. The van der Waals surface area contributed by atoms with E-state index < -0.39 is 5.54 Å². The number of hydrogen-bond donors (Lipinski definition) is 1. The van der Waals surface area contributed by atoms with E-state index in [1.165, 1.54) is 17.7 Å². The lowest BCUT2D eigenvalue weighted by Gasteiger charge is -2.25. The van der Waals surface area contributed by atoms with E-state index in [-0.39, 0.29) is 5.82 Å². The second-order valence-electron chi connectivity index (χ2n) is 5.12. The SMILES string of the molecule is CCc1ccc(CC(C)(N)c2cccc(F)c2)nc1. The van der Waals surface area contributed by atoms with E-state index in [1.807, 2.05) is 25.3 Å². The molecule has 0 aliphatic rings. The number of benzene rings is 1. The van der Waals surface area contributed by atoms with Gasteiger partial charge in [-0.05, 0) is 42.7 Å². The van der Waals surface area contributed by atoms with Crippen molar-refractivity contribution in [2.75, 3.05) is 0 Å². The molecule has 0 spiro atoms. The van der Waals surface area contributed by atoms with Gasteiger partial charge in [0.15, 0.2) is 0 Å². The third-order valence-corrected chi connectivity index (χ3v) is 3.33. The quantitative estimate of drug-likeness (QED) is 0.914. The van der Waals surface area contributed by atoms with Crippen molar-refractivity contribution >= 4 is 0 Å². The predicted octanol–water partition coefficient (Wildman–Crippen LogP) is 3.20. The van der Waals surface area contributed by atoms with E-state index >= 15 is 0 Å². The summed E-state index contributed by atoms with van der Waals surface area (Å²) >= 11 is 0. The largest absolute Gasteiger partial charge is 0.321 e. The molecule has 0 saturated carbocycles. The highest BCUT2D eigenvalue weighted by molar-refractivity contribution is 5.26. The van der Waals surface area contributed by atoms with Crippen LogP contribution in [0.5, 0.6) is 0 Å². The maximum Gasteiger partial charge on any atom is 0.123 e. The highest BCUT2D eigenvalue weighted by Crippen LogP contribution is 2.22. The Morgan fingerprint density at radius 3 is 2.63 bits per heavy atom. The number of halogens is 1. The molecule has 1 heterocycles. The van der Waals surface area contributed by atoms with E-state index in [2.05, 4.69) is 18.0 Å². The maximum absolute atomic E-state index is 13.3. The van der Waals surface area contributed by atoms with Gasteiger partial charge in [-0.25, -0.2) is 4.39 Å². The number of rotatable bonds is 4. The Hall–Kier alpha value is -1.74. The van der Waals surface area contributed by atoms with Gasteiger partial charge >= 0.3 is 0 Å². The van der Waals surface area contributed by atoms with Crippen molar-refractivity contribution in [3.8, 4) is 0 Å². The summed E-state index contributed by atoms with van der Waals surface area (Å²) in [7, 11) is 0. The Labute approximate surface area is 113 Å². The Balaban J connectivity index is 2.20. The van der Waals surface area contributed by atoms with Crippen LogP contribution in [-0.4, -0.2) is 4.98 Å². The van der Waals surface area contributed by atoms with E-state index in [0.29, 0.717) is 6.42 Å². The molecule has 3 heteroatoms. The fourth-order valence-corrected chi connectivity index (χ4v) is 2.09. The molecule has 0 amide bonds. The fourth-order valence-electron chi connectivity index (χ4n) is 2.09. The van der Waals surface area contributed by atoms with Gasteiger partial charge in [-0.1, -0.05) is 25.1 Å². The monoisotopic (exact) mass is 258 g/mol. The molecular formula is C16H19FN2. The standard InChI is InChI=1S/C16H19FN2/c1-3-12-7-8-15(19-11-12)10-16(2,18)13-5-4-6-14(17)9-13/h4-9,11H,3,10,18H2,1-2H3. The van der Waals surface area contributed by atoms with E-state index in [9.17, 15) is 4.39 Å². The topological polar surface area (TPSA) is 38.9 Å². The summed E-state index contributed by atoms with van der Waals surface area (Å²) in [6, 6.07) is 10.5. The molecule has 0 aliphatic carbocycles. The van der Waals surface area contributed by atoms with Gasteiger partial charge in [0.2, 0.25) is 0 Å². The third kappa shape index (κ3) is 3.38. The average molecular weight is 258 g/mol. The van der Waals surface area contributed by atoms with Crippen LogP contribution in [0.15, 0.2) is 42.6 Å². The van der Waals surface area contributed by atoms with Crippen molar-refractivity contribution in [3.63, 3.8) is 0 Å². The molecule has 1 aromatic heterocycles. The highest BCUT2D eigenvalue weighted by atomic mass is 19.1. The van der Waals surface area contributed by atoms with Crippen LogP contribution in [0.1, 0.15) is 30.7 Å². The molecule has 19 heavy (non-hydrogen) atoms. The second kappa shape index (κ2) is 5.49. The van der Waals surface area contributed by atoms with Gasteiger partial charge in [0, 0.05) is 23.9 Å². The summed E-state index contributed by atoms with van der Waals surface area (Å²) in [5, 5.41) is 0. The molecule has 0 radical (unpaired) electrons. The van der Waals surface area contributed by atoms with Gasteiger partial charge in [-0.15, -0.1) is 0 Å². The lowest BCUT2D eigenvalue weighted by molar-refractivity contribution is 0.480. The summed E-state index contributed by atoms with van der Waals surface area (Å²) < 4.78 is 13.3. The number of nitrogens with zero attached hydrogens (tertiary/aromatic N) is 1. The van der Waals surface area contributed by atoms with Crippen LogP contribution in [0.2, 0.25) is 0 Å². The minimum atomic E-state index is -0.622. The first kappa shape index (κ1) is 13.7. The molecule has 2 rings (SSSR count). The zero-order valence-corrected chi connectivity index (χ0v) is 11.4. The number of aryl methyl sites for hydroxylation is 1. The lowest BCUT2D eigenvalue weighted by Crippen LogP contribution is -2.35. The first-order valence-corrected chi connectivity index (χ1v) is 6.50. The molecule has 0 fully saturated rings. The van der Waals surface area contributed by atoms with Crippen molar-refractivity contribution in [3.05, 3.63) is 65.2 Å². The normalized spacial score (nSPS) is 14.1. The first-order valence-electron chi connectivity index (χ1n) is 6.50. The predicted molar refractivity (Wildman–Crippen MR) is 75.3 cm³/mol. The van der Waals surface area contributed by atoms with Crippen LogP contribution in [-0.2, 0) is 18.4 Å². The summed E-state index contributed by atoms with van der Waals surface area (Å²) in [6.45, 7) is 3.99. The van der Waals surface area contributed by atoms with Crippen LogP contribution in [0.4, 0.5) is 4.39 Å². The van der Waals surface area contributed by atoms with E-state index in [0.717, 1.165) is 17.7 Å². The minimum Gasteiger partial charge on any atom is -0.321 e. The Bertz CT molecular complexity index is 547. The third-order valence-electron chi connectivity index (χ3n) is 3.33. The van der Waals surface area contributed by atoms with Gasteiger partial charge in [0.1, 0.15) is 5.82 Å². The maximum atomic E-state index is 13.3. The van der Waals surface area contributed by atoms with Crippen molar-refractivity contribution in [2.45, 2.75) is 32.2 Å². The molecule has 1 aromatic carbocycles. The van der Waals surface area contributed by atoms with E-state index in [4.69, 9.17) is 5.73 Å². The fraction of sp³-hybridized carbons (Fsp3) is 0.312. The zero-order chi connectivity index (χ0) is 13.9. The van der Waals surface area contributed by atoms with Crippen molar-refractivity contribution in [2.24, 2.45) is 5.73 Å². The molecular weight excluding hydrogens is 239 g/mol. The van der Waals surface area contributed by atoms with Crippen LogP contribution < -0.4 is 5.73 Å².